The molecule has 1 saturated heterocycles. The van der Waals surface area contributed by atoms with Crippen LogP contribution < -0.4 is 0 Å². The van der Waals surface area contributed by atoms with Crippen LogP contribution in [-0.4, -0.2) is 48.5 Å². The number of aromatic nitrogens is 1. The summed E-state index contributed by atoms with van der Waals surface area (Å²) in [7, 11) is 0. The highest BCUT2D eigenvalue weighted by Gasteiger charge is 2.33. The van der Waals surface area contributed by atoms with Crippen LogP contribution >= 0.6 is 0 Å². The summed E-state index contributed by atoms with van der Waals surface area (Å²) in [6.07, 6.45) is 1.98. The van der Waals surface area contributed by atoms with Crippen LogP contribution in [0.5, 0.6) is 0 Å². The van der Waals surface area contributed by atoms with E-state index in [1.54, 1.807) is 0 Å². The highest BCUT2D eigenvalue weighted by Crippen LogP contribution is 2.34. The van der Waals surface area contributed by atoms with Crippen LogP contribution in [0.3, 0.4) is 0 Å². The predicted molar refractivity (Wildman–Crippen MR) is 83.0 cm³/mol. The number of aromatic amines is 1. The second-order valence-electron chi connectivity index (χ2n) is 6.68. The molecule has 116 valence electrons. The normalized spacial score (nSPS) is 23.6. The van der Waals surface area contributed by atoms with Crippen LogP contribution in [0.1, 0.15) is 53.5 Å². The summed E-state index contributed by atoms with van der Waals surface area (Å²) in [6.45, 7) is 10.9. The van der Waals surface area contributed by atoms with Crippen molar-refractivity contribution in [3.8, 4) is 0 Å². The zero-order valence-corrected chi connectivity index (χ0v) is 13.4. The van der Waals surface area contributed by atoms with Crippen molar-refractivity contribution in [2.75, 3.05) is 32.8 Å². The van der Waals surface area contributed by atoms with Crippen molar-refractivity contribution in [3.63, 3.8) is 0 Å². The maximum atomic E-state index is 13.0. The van der Waals surface area contributed by atoms with E-state index in [4.69, 9.17) is 4.74 Å². The number of morpholine rings is 1. The lowest BCUT2D eigenvalue weighted by atomic mass is 9.82. The summed E-state index contributed by atoms with van der Waals surface area (Å²) in [5.41, 5.74) is 4.59. The van der Waals surface area contributed by atoms with Gasteiger partial charge in [0.15, 0.2) is 5.78 Å². The van der Waals surface area contributed by atoms with Crippen molar-refractivity contribution in [3.05, 3.63) is 22.5 Å². The molecule has 4 nitrogen and oxygen atoms in total. The Morgan fingerprint density at radius 2 is 2.05 bits per heavy atom. The Morgan fingerprint density at radius 1 is 1.33 bits per heavy atom. The first-order valence-electron chi connectivity index (χ1n) is 8.13. The Balaban J connectivity index is 1.81. The van der Waals surface area contributed by atoms with Crippen molar-refractivity contribution in [1.29, 1.82) is 0 Å². The van der Waals surface area contributed by atoms with E-state index < -0.39 is 0 Å². The van der Waals surface area contributed by atoms with E-state index in [1.807, 2.05) is 0 Å². The standard InChI is InChI=1S/C17H26N2O2/c1-11(2)15-12(3)18-14-5-4-13(17(20)16(14)15)10-19-6-8-21-9-7-19/h11,13,18H,4-10H2,1-3H3. The molecule has 1 unspecified atom stereocenters. The minimum atomic E-state index is 0.156. The van der Waals surface area contributed by atoms with Crippen molar-refractivity contribution < 1.29 is 9.53 Å². The summed E-state index contributed by atoms with van der Waals surface area (Å²) in [5.74, 6) is 0.912. The van der Waals surface area contributed by atoms with Gasteiger partial charge in [-0.25, -0.2) is 0 Å². The molecule has 1 fully saturated rings. The highest BCUT2D eigenvalue weighted by atomic mass is 16.5. The molecule has 0 amide bonds. The van der Waals surface area contributed by atoms with Gasteiger partial charge in [0.1, 0.15) is 0 Å². The van der Waals surface area contributed by atoms with Gasteiger partial charge in [0, 0.05) is 42.5 Å². The summed E-state index contributed by atoms with van der Waals surface area (Å²) in [4.78, 5) is 18.8. The predicted octanol–water partition coefficient (Wildman–Crippen LogP) is 2.52. The molecule has 0 saturated carbocycles. The Hall–Kier alpha value is -1.13. The highest BCUT2D eigenvalue weighted by molar-refractivity contribution is 6.02. The molecular weight excluding hydrogens is 264 g/mol. The van der Waals surface area contributed by atoms with Crippen LogP contribution in [0, 0.1) is 12.8 Å². The SMILES string of the molecule is Cc1[nH]c2c(c1C(C)C)C(=O)C(CN1CCOCC1)CC2. The number of carbonyl (C=O) groups is 1. The second-order valence-corrected chi connectivity index (χ2v) is 6.68. The average Bonchev–Trinajstić information content (AvgIpc) is 2.80. The number of fused-ring (bicyclic) bond motifs is 1. The number of nitrogens with one attached hydrogen (secondary N) is 1. The molecule has 0 bridgehead atoms. The van der Waals surface area contributed by atoms with Gasteiger partial charge in [-0.05, 0) is 31.2 Å². The summed E-state index contributed by atoms with van der Waals surface area (Å²) < 4.78 is 5.39. The van der Waals surface area contributed by atoms with Crippen LogP contribution in [0.2, 0.25) is 0 Å². The molecule has 1 N–H and O–H groups in total. The number of carbonyl (C=O) groups excluding carboxylic acids is 1. The molecule has 0 spiro atoms. The van der Waals surface area contributed by atoms with Gasteiger partial charge in [-0.15, -0.1) is 0 Å². The quantitative estimate of drug-likeness (QED) is 0.930. The van der Waals surface area contributed by atoms with E-state index in [-0.39, 0.29) is 5.92 Å². The maximum Gasteiger partial charge on any atom is 0.169 e. The van der Waals surface area contributed by atoms with Gasteiger partial charge < -0.3 is 9.72 Å². The monoisotopic (exact) mass is 290 g/mol. The minimum Gasteiger partial charge on any atom is -0.379 e. The molecule has 1 aliphatic heterocycles. The Labute approximate surface area is 126 Å². The number of aryl methyl sites for hydroxylation is 2. The van der Waals surface area contributed by atoms with Crippen LogP contribution in [0.4, 0.5) is 0 Å². The van der Waals surface area contributed by atoms with Crippen LogP contribution in [0.25, 0.3) is 0 Å². The molecule has 21 heavy (non-hydrogen) atoms. The van der Waals surface area contributed by atoms with Gasteiger partial charge in [-0.2, -0.15) is 0 Å². The molecule has 1 atom stereocenters. The molecule has 0 radical (unpaired) electrons. The molecule has 0 aromatic carbocycles. The van der Waals surface area contributed by atoms with Gasteiger partial charge in [0.2, 0.25) is 0 Å². The fraction of sp³-hybridized carbons (Fsp3) is 0.706. The first-order valence-corrected chi connectivity index (χ1v) is 8.13. The third kappa shape index (κ3) is 2.79. The Bertz CT molecular complexity index is 527. The molecule has 1 aromatic rings. The molecule has 1 aromatic heterocycles. The topological polar surface area (TPSA) is 45.3 Å². The smallest absolute Gasteiger partial charge is 0.169 e. The van der Waals surface area contributed by atoms with E-state index >= 15 is 0 Å². The molecule has 2 heterocycles. The first-order chi connectivity index (χ1) is 10.1. The number of ketones is 1. The number of ether oxygens (including phenoxy) is 1. The van der Waals surface area contributed by atoms with Gasteiger partial charge in [-0.1, -0.05) is 13.8 Å². The summed E-state index contributed by atoms with van der Waals surface area (Å²) in [5, 5.41) is 0. The van der Waals surface area contributed by atoms with Gasteiger partial charge in [0.25, 0.3) is 0 Å². The number of H-pyrrole nitrogens is 1. The van der Waals surface area contributed by atoms with Gasteiger partial charge >= 0.3 is 0 Å². The van der Waals surface area contributed by atoms with Crippen molar-refractivity contribution in [2.24, 2.45) is 5.92 Å². The first kappa shape index (κ1) is 14.8. The molecule has 4 heteroatoms. The lowest BCUT2D eigenvalue weighted by molar-refractivity contribution is 0.0291. The number of nitrogens with zero attached hydrogens (tertiary/aromatic N) is 1. The summed E-state index contributed by atoms with van der Waals surface area (Å²) >= 11 is 0. The second kappa shape index (κ2) is 5.93. The lowest BCUT2D eigenvalue weighted by Gasteiger charge is -2.31. The van der Waals surface area contributed by atoms with Crippen molar-refractivity contribution in [1.82, 2.24) is 9.88 Å². The third-order valence-corrected chi connectivity index (χ3v) is 4.83. The third-order valence-electron chi connectivity index (χ3n) is 4.83. The van der Waals surface area contributed by atoms with Crippen molar-refractivity contribution in [2.45, 2.75) is 39.5 Å². The zero-order chi connectivity index (χ0) is 15.0. The fourth-order valence-corrected chi connectivity index (χ4v) is 3.82. The Morgan fingerprint density at radius 3 is 2.71 bits per heavy atom. The van der Waals surface area contributed by atoms with Crippen LogP contribution in [0.15, 0.2) is 0 Å². The van der Waals surface area contributed by atoms with E-state index in [9.17, 15) is 4.79 Å². The van der Waals surface area contributed by atoms with E-state index in [2.05, 4.69) is 30.7 Å². The maximum absolute atomic E-state index is 13.0. The van der Waals surface area contributed by atoms with Crippen molar-refractivity contribution >= 4 is 5.78 Å². The average molecular weight is 290 g/mol. The fourth-order valence-electron chi connectivity index (χ4n) is 3.82. The van der Waals surface area contributed by atoms with E-state index in [0.29, 0.717) is 11.7 Å². The largest absolute Gasteiger partial charge is 0.379 e. The molecule has 1 aliphatic carbocycles. The minimum absolute atomic E-state index is 0.156. The number of Topliss-reactive ketones (excluding diaryl/α,β-unsaturated/α-hetero) is 1. The van der Waals surface area contributed by atoms with Gasteiger partial charge in [0.05, 0.1) is 13.2 Å². The molecule has 3 rings (SSSR count). The van der Waals surface area contributed by atoms with Crippen LogP contribution in [-0.2, 0) is 11.2 Å². The zero-order valence-electron chi connectivity index (χ0n) is 13.4. The number of hydrogen-bond donors (Lipinski definition) is 1. The molecular formula is C17H26N2O2. The number of hydrogen-bond acceptors (Lipinski definition) is 3. The van der Waals surface area contributed by atoms with E-state index in [0.717, 1.165) is 51.3 Å². The lowest BCUT2D eigenvalue weighted by Crippen LogP contribution is -2.42. The van der Waals surface area contributed by atoms with Gasteiger partial charge in [-0.3, -0.25) is 9.69 Å². The summed E-state index contributed by atoms with van der Waals surface area (Å²) in [6, 6.07) is 0. The molecule has 2 aliphatic rings. The van der Waals surface area contributed by atoms with E-state index in [1.165, 1.54) is 17.0 Å². The number of rotatable bonds is 3. The Kier molecular flexibility index (Phi) is 4.18.